The molecule has 2 heterocycles. The van der Waals surface area contributed by atoms with E-state index in [1.807, 2.05) is 30.3 Å². The fourth-order valence-corrected chi connectivity index (χ4v) is 3.62. The van der Waals surface area contributed by atoms with E-state index in [0.717, 1.165) is 5.56 Å². The number of hydrogen-bond donors (Lipinski definition) is 0. The number of Topliss-reactive ketones (excluding diaryl/α,β-unsaturated/α-hetero) is 1. The molecule has 0 aliphatic carbocycles. The van der Waals surface area contributed by atoms with Crippen molar-refractivity contribution < 1.29 is 9.59 Å². The summed E-state index contributed by atoms with van der Waals surface area (Å²) in [6.07, 6.45) is 2.64. The third kappa shape index (κ3) is 3.29. The molecule has 6 heteroatoms. The number of aryl methyl sites for hydroxylation is 1. The van der Waals surface area contributed by atoms with E-state index in [2.05, 4.69) is 9.97 Å². The van der Waals surface area contributed by atoms with E-state index in [-0.39, 0.29) is 22.4 Å². The quantitative estimate of drug-likeness (QED) is 0.846. The zero-order valence-corrected chi connectivity index (χ0v) is 15.1. The average molecular weight is 358 g/mol. The second kappa shape index (κ2) is 6.92. The molecule has 0 saturated carbocycles. The third-order valence-electron chi connectivity index (χ3n) is 4.97. The van der Waals surface area contributed by atoms with Gasteiger partial charge < -0.3 is 4.90 Å². The number of halogens is 1. The van der Waals surface area contributed by atoms with Crippen LogP contribution < -0.4 is 0 Å². The largest absolute Gasteiger partial charge is 0.337 e. The lowest BCUT2D eigenvalue weighted by Gasteiger charge is -2.40. The van der Waals surface area contributed by atoms with Crippen LogP contribution in [-0.4, -0.2) is 39.6 Å². The van der Waals surface area contributed by atoms with Crippen molar-refractivity contribution in [2.45, 2.75) is 32.1 Å². The van der Waals surface area contributed by atoms with Crippen LogP contribution in [0.2, 0.25) is 5.02 Å². The highest BCUT2D eigenvalue weighted by atomic mass is 35.5. The molecule has 1 aromatic carbocycles. The molecular formula is C19H20ClN3O2. The second-order valence-electron chi connectivity index (χ2n) is 6.41. The highest BCUT2D eigenvalue weighted by molar-refractivity contribution is 6.33. The van der Waals surface area contributed by atoms with Gasteiger partial charge in [-0.15, -0.1) is 0 Å². The summed E-state index contributed by atoms with van der Waals surface area (Å²) in [4.78, 5) is 35.1. The lowest BCUT2D eigenvalue weighted by Crippen LogP contribution is -2.48. The van der Waals surface area contributed by atoms with Gasteiger partial charge in [0, 0.05) is 13.1 Å². The minimum Gasteiger partial charge on any atom is -0.337 e. The predicted molar refractivity (Wildman–Crippen MR) is 95.7 cm³/mol. The third-order valence-corrected chi connectivity index (χ3v) is 5.25. The lowest BCUT2D eigenvalue weighted by atomic mass is 9.70. The Balaban J connectivity index is 1.82. The highest BCUT2D eigenvalue weighted by Gasteiger charge is 2.41. The molecule has 25 heavy (non-hydrogen) atoms. The van der Waals surface area contributed by atoms with E-state index in [1.165, 1.54) is 6.20 Å². The molecule has 1 amide bonds. The van der Waals surface area contributed by atoms with E-state index >= 15 is 0 Å². The molecule has 1 aliphatic heterocycles. The molecule has 3 rings (SSSR count). The van der Waals surface area contributed by atoms with Crippen molar-refractivity contribution in [3.63, 3.8) is 0 Å². The molecule has 0 atom stereocenters. The van der Waals surface area contributed by atoms with Gasteiger partial charge in [-0.3, -0.25) is 9.59 Å². The topological polar surface area (TPSA) is 63.2 Å². The van der Waals surface area contributed by atoms with E-state index < -0.39 is 5.41 Å². The molecule has 5 nitrogen and oxygen atoms in total. The Kier molecular flexibility index (Phi) is 4.86. The summed E-state index contributed by atoms with van der Waals surface area (Å²) in [7, 11) is 0. The van der Waals surface area contributed by atoms with Crippen LogP contribution in [-0.2, 0) is 10.2 Å². The van der Waals surface area contributed by atoms with Crippen molar-refractivity contribution in [2.24, 2.45) is 0 Å². The van der Waals surface area contributed by atoms with Crippen molar-refractivity contribution in [2.75, 3.05) is 13.1 Å². The number of ketones is 1. The maximum Gasteiger partial charge on any atom is 0.274 e. The van der Waals surface area contributed by atoms with Crippen molar-refractivity contribution in [3.05, 3.63) is 58.6 Å². The van der Waals surface area contributed by atoms with E-state index in [9.17, 15) is 9.59 Å². The molecule has 2 aromatic rings. The molecule has 0 unspecified atom stereocenters. The van der Waals surface area contributed by atoms with Crippen molar-refractivity contribution >= 4 is 23.3 Å². The van der Waals surface area contributed by atoms with Gasteiger partial charge in [0.05, 0.1) is 16.6 Å². The molecule has 0 radical (unpaired) electrons. The first-order valence-electron chi connectivity index (χ1n) is 8.29. The first-order chi connectivity index (χ1) is 11.9. The molecule has 0 N–H and O–H groups in total. The number of carbonyl (C=O) groups is 2. The van der Waals surface area contributed by atoms with Crippen LogP contribution in [0.3, 0.4) is 0 Å². The summed E-state index contributed by atoms with van der Waals surface area (Å²) in [5.74, 6) is 0.439. The molecular weight excluding hydrogens is 338 g/mol. The van der Waals surface area contributed by atoms with Crippen LogP contribution in [0.5, 0.6) is 0 Å². The molecule has 0 bridgehead atoms. The van der Waals surface area contributed by atoms with E-state index in [0.29, 0.717) is 31.8 Å². The van der Waals surface area contributed by atoms with Gasteiger partial charge >= 0.3 is 0 Å². The Morgan fingerprint density at radius 2 is 1.80 bits per heavy atom. The lowest BCUT2D eigenvalue weighted by molar-refractivity contribution is -0.124. The number of carbonyl (C=O) groups excluding carboxylic acids is 2. The molecule has 0 spiro atoms. The summed E-state index contributed by atoms with van der Waals surface area (Å²) in [6.45, 7) is 4.34. The standard InChI is InChI=1S/C19H20ClN3O2/c1-13(24)19(15-6-4-3-5-7-15)8-10-23(11-9-19)18(25)17-16(20)12-21-14(2)22-17/h3-7,12H,8-11H2,1-2H3. The minimum absolute atomic E-state index is 0.140. The number of aromatic nitrogens is 2. The van der Waals surface area contributed by atoms with Crippen molar-refractivity contribution in [1.82, 2.24) is 14.9 Å². The van der Waals surface area contributed by atoms with Gasteiger partial charge in [0.2, 0.25) is 0 Å². The zero-order chi connectivity index (χ0) is 18.0. The molecule has 1 aromatic heterocycles. The normalized spacial score (nSPS) is 16.5. The average Bonchev–Trinajstić information content (AvgIpc) is 2.64. The first-order valence-corrected chi connectivity index (χ1v) is 8.67. The van der Waals surface area contributed by atoms with Gasteiger partial charge in [0.25, 0.3) is 5.91 Å². The fourth-order valence-electron chi connectivity index (χ4n) is 3.45. The van der Waals surface area contributed by atoms with Crippen molar-refractivity contribution in [3.8, 4) is 0 Å². The van der Waals surface area contributed by atoms with Crippen LogP contribution in [0.15, 0.2) is 36.5 Å². The summed E-state index contributed by atoms with van der Waals surface area (Å²) in [5.41, 5.74) is 0.721. The smallest absolute Gasteiger partial charge is 0.274 e. The summed E-state index contributed by atoms with van der Waals surface area (Å²) >= 11 is 6.09. The first kappa shape index (κ1) is 17.5. The number of likely N-dealkylation sites (tertiary alicyclic amines) is 1. The SMILES string of the molecule is CC(=O)C1(c2ccccc2)CCN(C(=O)c2nc(C)ncc2Cl)CC1. The Morgan fingerprint density at radius 3 is 2.40 bits per heavy atom. The van der Waals surface area contributed by atoms with Crippen LogP contribution in [0.25, 0.3) is 0 Å². The summed E-state index contributed by atoms with van der Waals surface area (Å²) in [6, 6.07) is 9.81. The van der Waals surface area contributed by atoms with E-state index in [4.69, 9.17) is 11.6 Å². The van der Waals surface area contributed by atoms with Crippen LogP contribution in [0, 0.1) is 6.92 Å². The molecule has 130 valence electrons. The monoisotopic (exact) mass is 357 g/mol. The number of piperidine rings is 1. The zero-order valence-electron chi connectivity index (χ0n) is 14.3. The second-order valence-corrected chi connectivity index (χ2v) is 6.82. The predicted octanol–water partition coefficient (Wildman–Crippen LogP) is 3.20. The number of benzene rings is 1. The Bertz CT molecular complexity index is 800. The van der Waals surface area contributed by atoms with Crippen LogP contribution in [0.1, 0.15) is 41.6 Å². The summed E-state index contributed by atoms with van der Waals surface area (Å²) in [5, 5.41) is 0.252. The van der Waals surface area contributed by atoms with Gasteiger partial charge in [-0.2, -0.15) is 0 Å². The molecule has 1 aliphatic rings. The van der Waals surface area contributed by atoms with Crippen LogP contribution >= 0.6 is 11.6 Å². The number of amides is 1. The highest BCUT2D eigenvalue weighted by Crippen LogP contribution is 2.37. The van der Waals surface area contributed by atoms with Crippen LogP contribution in [0.4, 0.5) is 0 Å². The maximum absolute atomic E-state index is 12.8. The van der Waals surface area contributed by atoms with Gasteiger partial charge in [-0.25, -0.2) is 9.97 Å². The fraction of sp³-hybridized carbons (Fsp3) is 0.368. The van der Waals surface area contributed by atoms with E-state index in [1.54, 1.807) is 18.7 Å². The maximum atomic E-state index is 12.8. The van der Waals surface area contributed by atoms with Gasteiger partial charge in [0.15, 0.2) is 5.69 Å². The number of hydrogen-bond acceptors (Lipinski definition) is 4. The molecule has 1 fully saturated rings. The van der Waals surface area contributed by atoms with Gasteiger partial charge in [0.1, 0.15) is 11.6 Å². The Morgan fingerprint density at radius 1 is 1.16 bits per heavy atom. The van der Waals surface area contributed by atoms with Crippen molar-refractivity contribution in [1.29, 1.82) is 0 Å². The number of rotatable bonds is 3. The van der Waals surface area contributed by atoms with Gasteiger partial charge in [-0.1, -0.05) is 41.9 Å². The Hall–Kier alpha value is -2.27. The number of nitrogens with zero attached hydrogens (tertiary/aromatic N) is 3. The molecule has 1 saturated heterocycles. The Labute approximate surface area is 152 Å². The van der Waals surface area contributed by atoms with Gasteiger partial charge in [-0.05, 0) is 32.3 Å². The minimum atomic E-state index is -0.524. The summed E-state index contributed by atoms with van der Waals surface area (Å²) < 4.78 is 0.